The molecule has 0 aliphatic carbocycles. The molecule has 1 atom stereocenters. The van der Waals surface area contributed by atoms with E-state index in [1.807, 2.05) is 26.0 Å². The number of anilines is 1. The Morgan fingerprint density at radius 3 is 2.83 bits per heavy atom. The van der Waals surface area contributed by atoms with Gasteiger partial charge in [-0.1, -0.05) is 36.8 Å². The molecular formula is C12H14ClN3OS. The number of halogens is 1. The number of rotatable bonds is 4. The molecule has 96 valence electrons. The van der Waals surface area contributed by atoms with Gasteiger partial charge in [-0.25, -0.2) is 4.98 Å². The number of nitrogens with zero attached hydrogens (tertiary/aromatic N) is 1. The number of fused-ring (bicyclic) bond motifs is 1. The average molecular weight is 284 g/mol. The molecular weight excluding hydrogens is 270 g/mol. The number of thiazole rings is 1. The van der Waals surface area contributed by atoms with Crippen LogP contribution in [-0.4, -0.2) is 16.9 Å². The lowest BCUT2D eigenvalue weighted by molar-refractivity contribution is -0.119. The van der Waals surface area contributed by atoms with E-state index in [-0.39, 0.29) is 11.8 Å². The van der Waals surface area contributed by atoms with Crippen molar-refractivity contribution in [2.45, 2.75) is 19.9 Å². The van der Waals surface area contributed by atoms with Crippen LogP contribution >= 0.6 is 22.9 Å². The quantitative estimate of drug-likeness (QED) is 0.906. The van der Waals surface area contributed by atoms with Gasteiger partial charge in [0.15, 0.2) is 5.13 Å². The van der Waals surface area contributed by atoms with Crippen LogP contribution in [0.5, 0.6) is 0 Å². The van der Waals surface area contributed by atoms with Gasteiger partial charge in [0.25, 0.3) is 0 Å². The summed E-state index contributed by atoms with van der Waals surface area (Å²) in [5.74, 6) is -0.264. The van der Waals surface area contributed by atoms with Gasteiger partial charge in [0.2, 0.25) is 5.91 Å². The standard InChI is InChI=1S/C12H14ClN3OS/c1-6(2)10(11(14)17)16-12-15-8-4-3-7(13)5-9(8)18-12/h3-6,10H,1-2H3,(H2,14,17)(H,15,16). The van der Waals surface area contributed by atoms with E-state index in [4.69, 9.17) is 17.3 Å². The number of hydrogen-bond donors (Lipinski definition) is 2. The van der Waals surface area contributed by atoms with Gasteiger partial charge in [0, 0.05) is 5.02 Å². The first-order chi connectivity index (χ1) is 8.47. The van der Waals surface area contributed by atoms with Gasteiger partial charge < -0.3 is 11.1 Å². The van der Waals surface area contributed by atoms with E-state index in [9.17, 15) is 4.79 Å². The highest BCUT2D eigenvalue weighted by Crippen LogP contribution is 2.29. The van der Waals surface area contributed by atoms with Crippen molar-refractivity contribution in [2.24, 2.45) is 11.7 Å². The molecule has 1 aromatic carbocycles. The second-order valence-electron chi connectivity index (χ2n) is 4.40. The van der Waals surface area contributed by atoms with Crippen molar-refractivity contribution in [3.8, 4) is 0 Å². The van der Waals surface area contributed by atoms with E-state index in [0.29, 0.717) is 10.2 Å². The number of carbonyl (C=O) groups excluding carboxylic acids is 1. The van der Waals surface area contributed by atoms with Crippen molar-refractivity contribution >= 4 is 44.2 Å². The van der Waals surface area contributed by atoms with Gasteiger partial charge in [-0.05, 0) is 24.1 Å². The summed E-state index contributed by atoms with van der Waals surface area (Å²) in [6.07, 6.45) is 0. The molecule has 18 heavy (non-hydrogen) atoms. The first-order valence-electron chi connectivity index (χ1n) is 5.59. The Labute approximate surface area is 114 Å². The first-order valence-corrected chi connectivity index (χ1v) is 6.79. The Morgan fingerprint density at radius 1 is 1.50 bits per heavy atom. The summed E-state index contributed by atoms with van der Waals surface area (Å²) < 4.78 is 0.983. The number of benzene rings is 1. The minimum absolute atomic E-state index is 0.109. The van der Waals surface area contributed by atoms with Gasteiger partial charge in [-0.15, -0.1) is 0 Å². The zero-order chi connectivity index (χ0) is 13.3. The summed E-state index contributed by atoms with van der Waals surface area (Å²) in [4.78, 5) is 15.7. The van der Waals surface area contributed by atoms with E-state index < -0.39 is 6.04 Å². The molecule has 0 spiro atoms. The Morgan fingerprint density at radius 2 is 2.22 bits per heavy atom. The highest BCUT2D eigenvalue weighted by molar-refractivity contribution is 7.22. The third-order valence-corrected chi connectivity index (χ3v) is 3.79. The summed E-state index contributed by atoms with van der Waals surface area (Å²) in [5, 5.41) is 4.44. The minimum atomic E-state index is -0.416. The molecule has 2 rings (SSSR count). The second-order valence-corrected chi connectivity index (χ2v) is 5.87. The lowest BCUT2D eigenvalue weighted by Gasteiger charge is -2.17. The topological polar surface area (TPSA) is 68.0 Å². The Balaban J connectivity index is 2.28. The van der Waals surface area contributed by atoms with Crippen molar-refractivity contribution in [3.05, 3.63) is 23.2 Å². The smallest absolute Gasteiger partial charge is 0.240 e. The number of hydrogen-bond acceptors (Lipinski definition) is 4. The van der Waals surface area contributed by atoms with Crippen LogP contribution in [0.25, 0.3) is 10.2 Å². The molecule has 1 amide bonds. The molecule has 0 aliphatic heterocycles. The summed E-state index contributed by atoms with van der Waals surface area (Å²) in [7, 11) is 0. The minimum Gasteiger partial charge on any atom is -0.368 e. The monoisotopic (exact) mass is 283 g/mol. The molecule has 0 bridgehead atoms. The van der Waals surface area contributed by atoms with E-state index in [0.717, 1.165) is 10.2 Å². The van der Waals surface area contributed by atoms with Crippen molar-refractivity contribution in [2.75, 3.05) is 5.32 Å². The summed E-state index contributed by atoms with van der Waals surface area (Å²) in [5.41, 5.74) is 6.22. The number of amides is 1. The van der Waals surface area contributed by atoms with Crippen LogP contribution in [0.2, 0.25) is 5.02 Å². The Bertz CT molecular complexity index is 582. The van der Waals surface area contributed by atoms with Crippen molar-refractivity contribution in [1.29, 1.82) is 0 Å². The molecule has 6 heteroatoms. The Hall–Kier alpha value is -1.33. The molecule has 0 radical (unpaired) electrons. The molecule has 4 nitrogen and oxygen atoms in total. The van der Waals surface area contributed by atoms with E-state index in [1.54, 1.807) is 6.07 Å². The molecule has 3 N–H and O–H groups in total. The van der Waals surface area contributed by atoms with Crippen LogP contribution in [0.1, 0.15) is 13.8 Å². The number of aromatic nitrogens is 1. The maximum absolute atomic E-state index is 11.3. The van der Waals surface area contributed by atoms with Gasteiger partial charge in [-0.3, -0.25) is 4.79 Å². The molecule has 0 saturated heterocycles. The van der Waals surface area contributed by atoms with Crippen LogP contribution in [-0.2, 0) is 4.79 Å². The highest BCUT2D eigenvalue weighted by Gasteiger charge is 2.20. The van der Waals surface area contributed by atoms with Crippen LogP contribution < -0.4 is 11.1 Å². The second kappa shape index (κ2) is 5.12. The SMILES string of the molecule is CC(C)C(Nc1nc2ccc(Cl)cc2s1)C(N)=O. The number of nitrogens with one attached hydrogen (secondary N) is 1. The maximum Gasteiger partial charge on any atom is 0.240 e. The predicted octanol–water partition coefficient (Wildman–Crippen LogP) is 2.87. The summed E-state index contributed by atoms with van der Waals surface area (Å²) >= 11 is 7.38. The third-order valence-electron chi connectivity index (χ3n) is 2.60. The predicted molar refractivity (Wildman–Crippen MR) is 76.1 cm³/mol. The fourth-order valence-corrected chi connectivity index (χ4v) is 2.84. The maximum atomic E-state index is 11.3. The van der Waals surface area contributed by atoms with Crippen LogP contribution in [0.3, 0.4) is 0 Å². The highest BCUT2D eigenvalue weighted by atomic mass is 35.5. The fraction of sp³-hybridized carbons (Fsp3) is 0.333. The molecule has 1 aromatic heterocycles. The van der Waals surface area contributed by atoms with E-state index >= 15 is 0 Å². The first kappa shape index (κ1) is 13.1. The molecule has 0 aliphatic rings. The molecule has 1 unspecified atom stereocenters. The van der Waals surface area contributed by atoms with Crippen LogP contribution in [0.4, 0.5) is 5.13 Å². The van der Waals surface area contributed by atoms with Gasteiger partial charge >= 0.3 is 0 Å². The largest absolute Gasteiger partial charge is 0.368 e. The lowest BCUT2D eigenvalue weighted by atomic mass is 10.0. The lowest BCUT2D eigenvalue weighted by Crippen LogP contribution is -2.39. The van der Waals surface area contributed by atoms with Crippen molar-refractivity contribution < 1.29 is 4.79 Å². The fourth-order valence-electron chi connectivity index (χ4n) is 1.66. The number of nitrogens with two attached hydrogens (primary N) is 1. The van der Waals surface area contributed by atoms with Crippen molar-refractivity contribution in [3.63, 3.8) is 0 Å². The summed E-state index contributed by atoms with van der Waals surface area (Å²) in [6.45, 7) is 3.87. The average Bonchev–Trinajstić information content (AvgIpc) is 2.66. The van der Waals surface area contributed by atoms with Crippen LogP contribution in [0.15, 0.2) is 18.2 Å². The zero-order valence-corrected chi connectivity index (χ0v) is 11.7. The molecule has 0 saturated carbocycles. The van der Waals surface area contributed by atoms with E-state index in [1.165, 1.54) is 11.3 Å². The van der Waals surface area contributed by atoms with Crippen molar-refractivity contribution in [1.82, 2.24) is 4.98 Å². The molecule has 0 fully saturated rings. The van der Waals surface area contributed by atoms with Gasteiger partial charge in [0.1, 0.15) is 6.04 Å². The normalized spacial score (nSPS) is 12.9. The molecule has 1 heterocycles. The van der Waals surface area contributed by atoms with E-state index in [2.05, 4.69) is 10.3 Å². The molecule has 2 aromatic rings. The third kappa shape index (κ3) is 2.73. The number of carbonyl (C=O) groups is 1. The van der Waals surface area contributed by atoms with Gasteiger partial charge in [0.05, 0.1) is 10.2 Å². The summed E-state index contributed by atoms with van der Waals surface area (Å²) in [6, 6.07) is 5.09. The number of primary amides is 1. The Kier molecular flexibility index (Phi) is 3.73. The zero-order valence-electron chi connectivity index (χ0n) is 10.1. The van der Waals surface area contributed by atoms with Crippen LogP contribution in [0, 0.1) is 5.92 Å². The van der Waals surface area contributed by atoms with Gasteiger partial charge in [-0.2, -0.15) is 0 Å².